The van der Waals surface area contributed by atoms with E-state index in [0.29, 0.717) is 23.5 Å². The van der Waals surface area contributed by atoms with Gasteiger partial charge in [-0.2, -0.15) is 0 Å². The van der Waals surface area contributed by atoms with Crippen molar-refractivity contribution < 1.29 is 9.59 Å². The Labute approximate surface area is 131 Å². The van der Waals surface area contributed by atoms with E-state index in [4.69, 9.17) is 5.73 Å². The predicted molar refractivity (Wildman–Crippen MR) is 88.7 cm³/mol. The Kier molecular flexibility index (Phi) is 5.81. The van der Waals surface area contributed by atoms with E-state index in [9.17, 15) is 9.59 Å². The summed E-state index contributed by atoms with van der Waals surface area (Å²) in [4.78, 5) is 23.3. The summed E-state index contributed by atoms with van der Waals surface area (Å²) in [6, 6.07) is 4.95. The maximum atomic E-state index is 12.2. The van der Waals surface area contributed by atoms with Gasteiger partial charge in [-0.3, -0.25) is 9.59 Å². The average Bonchev–Trinajstić information content (AvgIpc) is 2.49. The predicted octanol–water partition coefficient (Wildman–Crippen LogP) is 2.93. The highest BCUT2D eigenvalue weighted by atomic mass is 16.2. The molecule has 5 heteroatoms. The lowest BCUT2D eigenvalue weighted by Crippen LogP contribution is -2.27. The molecule has 0 heterocycles. The summed E-state index contributed by atoms with van der Waals surface area (Å²) in [7, 11) is 0. The minimum atomic E-state index is -0.180. The zero-order valence-corrected chi connectivity index (χ0v) is 13.2. The number of rotatable bonds is 5. The third-order valence-corrected chi connectivity index (χ3v) is 4.18. The smallest absolute Gasteiger partial charge is 0.253 e. The first kappa shape index (κ1) is 16.3. The molecule has 0 spiro atoms. The SMILES string of the molecule is CC(=O)Nc1ccc(N)c(C(=O)NCCC2CCCCC2)c1. The highest BCUT2D eigenvalue weighted by Gasteiger charge is 2.15. The first-order chi connectivity index (χ1) is 10.6. The number of hydrogen-bond donors (Lipinski definition) is 3. The van der Waals surface area contributed by atoms with Gasteiger partial charge in [-0.15, -0.1) is 0 Å². The van der Waals surface area contributed by atoms with Crippen molar-refractivity contribution in [3.8, 4) is 0 Å². The van der Waals surface area contributed by atoms with E-state index in [0.717, 1.165) is 12.3 Å². The van der Waals surface area contributed by atoms with Crippen molar-refractivity contribution in [2.75, 3.05) is 17.6 Å². The van der Waals surface area contributed by atoms with Gasteiger partial charge in [0, 0.05) is 24.8 Å². The van der Waals surface area contributed by atoms with Gasteiger partial charge < -0.3 is 16.4 Å². The molecule has 120 valence electrons. The fourth-order valence-electron chi connectivity index (χ4n) is 2.99. The topological polar surface area (TPSA) is 84.2 Å². The molecule has 1 aromatic carbocycles. The molecule has 4 N–H and O–H groups in total. The molecule has 1 fully saturated rings. The minimum Gasteiger partial charge on any atom is -0.398 e. The van der Waals surface area contributed by atoms with Crippen LogP contribution < -0.4 is 16.4 Å². The third kappa shape index (κ3) is 4.76. The summed E-state index contributed by atoms with van der Waals surface area (Å²) in [5.74, 6) is 0.381. The van der Waals surface area contributed by atoms with E-state index in [-0.39, 0.29) is 11.8 Å². The Morgan fingerprint density at radius 2 is 1.95 bits per heavy atom. The molecular weight excluding hydrogens is 278 g/mol. The first-order valence-corrected chi connectivity index (χ1v) is 8.01. The quantitative estimate of drug-likeness (QED) is 0.731. The molecule has 0 unspecified atom stereocenters. The number of nitrogens with one attached hydrogen (secondary N) is 2. The Balaban J connectivity index is 1.89. The Morgan fingerprint density at radius 3 is 2.64 bits per heavy atom. The Hall–Kier alpha value is -2.04. The van der Waals surface area contributed by atoms with Crippen LogP contribution >= 0.6 is 0 Å². The molecule has 1 saturated carbocycles. The van der Waals surface area contributed by atoms with Crippen molar-refractivity contribution >= 4 is 23.2 Å². The molecule has 0 saturated heterocycles. The van der Waals surface area contributed by atoms with Crippen LogP contribution in [0, 0.1) is 5.92 Å². The largest absolute Gasteiger partial charge is 0.398 e. The van der Waals surface area contributed by atoms with Gasteiger partial charge in [0.25, 0.3) is 5.91 Å². The number of anilines is 2. The standard InChI is InChI=1S/C17H25N3O2/c1-12(21)20-14-7-8-16(18)15(11-14)17(22)19-10-9-13-5-3-2-4-6-13/h7-8,11,13H,2-6,9-10,18H2,1H3,(H,19,22)(H,20,21). The second kappa shape index (κ2) is 7.82. The van der Waals surface area contributed by atoms with Gasteiger partial charge in [-0.25, -0.2) is 0 Å². The van der Waals surface area contributed by atoms with Crippen LogP contribution in [0.1, 0.15) is 55.8 Å². The van der Waals surface area contributed by atoms with Gasteiger partial charge >= 0.3 is 0 Å². The van der Waals surface area contributed by atoms with E-state index in [1.54, 1.807) is 18.2 Å². The number of nitrogen functional groups attached to an aromatic ring is 1. The molecule has 5 nitrogen and oxygen atoms in total. The number of benzene rings is 1. The highest BCUT2D eigenvalue weighted by molar-refractivity contribution is 6.01. The first-order valence-electron chi connectivity index (χ1n) is 8.01. The fourth-order valence-corrected chi connectivity index (χ4v) is 2.99. The molecule has 0 atom stereocenters. The third-order valence-electron chi connectivity index (χ3n) is 4.18. The summed E-state index contributed by atoms with van der Waals surface area (Å²) < 4.78 is 0. The van der Waals surface area contributed by atoms with Crippen LogP contribution in [-0.4, -0.2) is 18.4 Å². The molecule has 0 aliphatic heterocycles. The van der Waals surface area contributed by atoms with Gasteiger partial charge in [0.1, 0.15) is 0 Å². The van der Waals surface area contributed by atoms with Crippen molar-refractivity contribution in [3.63, 3.8) is 0 Å². The fraction of sp³-hybridized carbons (Fsp3) is 0.529. The number of carbonyl (C=O) groups is 2. The summed E-state index contributed by atoms with van der Waals surface area (Å²) in [6.07, 6.45) is 7.53. The van der Waals surface area contributed by atoms with E-state index >= 15 is 0 Å². The van der Waals surface area contributed by atoms with Crippen molar-refractivity contribution in [1.29, 1.82) is 0 Å². The molecule has 22 heavy (non-hydrogen) atoms. The van der Waals surface area contributed by atoms with Crippen LogP contribution in [0.4, 0.5) is 11.4 Å². The van der Waals surface area contributed by atoms with Crippen LogP contribution in [0.5, 0.6) is 0 Å². The van der Waals surface area contributed by atoms with Crippen LogP contribution in [0.3, 0.4) is 0 Å². The monoisotopic (exact) mass is 303 g/mol. The molecule has 0 aromatic heterocycles. The zero-order valence-electron chi connectivity index (χ0n) is 13.2. The van der Waals surface area contributed by atoms with Crippen LogP contribution in [0.15, 0.2) is 18.2 Å². The van der Waals surface area contributed by atoms with Gasteiger partial charge in [-0.05, 0) is 30.5 Å². The minimum absolute atomic E-state index is 0.173. The van der Waals surface area contributed by atoms with Crippen LogP contribution in [-0.2, 0) is 4.79 Å². The van der Waals surface area contributed by atoms with E-state index in [2.05, 4.69) is 10.6 Å². The summed E-state index contributed by atoms with van der Waals surface area (Å²) in [6.45, 7) is 2.10. The lowest BCUT2D eigenvalue weighted by Gasteiger charge is -2.21. The van der Waals surface area contributed by atoms with Crippen molar-refractivity contribution in [2.24, 2.45) is 5.92 Å². The molecule has 2 rings (SSSR count). The molecule has 0 bridgehead atoms. The van der Waals surface area contributed by atoms with Gasteiger partial charge in [-0.1, -0.05) is 32.1 Å². The van der Waals surface area contributed by atoms with E-state index < -0.39 is 0 Å². The summed E-state index contributed by atoms with van der Waals surface area (Å²) in [5.41, 5.74) is 7.28. The van der Waals surface area contributed by atoms with Gasteiger partial charge in [0.2, 0.25) is 5.91 Å². The molecule has 0 radical (unpaired) electrons. The Bertz CT molecular complexity index is 537. The van der Waals surface area contributed by atoms with Crippen LogP contribution in [0.2, 0.25) is 0 Å². The average molecular weight is 303 g/mol. The van der Waals surface area contributed by atoms with Crippen molar-refractivity contribution in [3.05, 3.63) is 23.8 Å². The number of carbonyl (C=O) groups excluding carboxylic acids is 2. The Morgan fingerprint density at radius 1 is 1.23 bits per heavy atom. The number of nitrogens with two attached hydrogens (primary N) is 1. The van der Waals surface area contributed by atoms with Crippen molar-refractivity contribution in [2.45, 2.75) is 45.4 Å². The summed E-state index contributed by atoms with van der Waals surface area (Å²) >= 11 is 0. The molecule has 1 aliphatic carbocycles. The van der Waals surface area contributed by atoms with E-state index in [1.165, 1.54) is 39.0 Å². The molecular formula is C17H25N3O2. The van der Waals surface area contributed by atoms with Gasteiger partial charge in [0.05, 0.1) is 5.56 Å². The second-order valence-corrected chi connectivity index (χ2v) is 6.03. The lowest BCUT2D eigenvalue weighted by atomic mass is 9.87. The number of amides is 2. The van der Waals surface area contributed by atoms with E-state index in [1.807, 2.05) is 0 Å². The van der Waals surface area contributed by atoms with Crippen LogP contribution in [0.25, 0.3) is 0 Å². The molecule has 1 aliphatic rings. The second-order valence-electron chi connectivity index (χ2n) is 6.03. The summed E-state index contributed by atoms with van der Waals surface area (Å²) in [5, 5.41) is 5.60. The number of hydrogen-bond acceptors (Lipinski definition) is 3. The van der Waals surface area contributed by atoms with Gasteiger partial charge in [0.15, 0.2) is 0 Å². The maximum absolute atomic E-state index is 12.2. The molecule has 1 aromatic rings. The molecule has 2 amide bonds. The van der Waals surface area contributed by atoms with Crippen molar-refractivity contribution in [1.82, 2.24) is 5.32 Å². The highest BCUT2D eigenvalue weighted by Crippen LogP contribution is 2.25. The normalized spacial score (nSPS) is 15.3. The maximum Gasteiger partial charge on any atom is 0.253 e. The zero-order chi connectivity index (χ0) is 15.9. The lowest BCUT2D eigenvalue weighted by molar-refractivity contribution is -0.114.